The Labute approximate surface area is 146 Å². The van der Waals surface area contributed by atoms with Crippen LogP contribution in [0.5, 0.6) is 0 Å². The lowest BCUT2D eigenvalue weighted by Crippen LogP contribution is -2.35. The summed E-state index contributed by atoms with van der Waals surface area (Å²) in [7, 11) is -3.60. The van der Waals surface area contributed by atoms with Gasteiger partial charge in [0.25, 0.3) is 0 Å². The van der Waals surface area contributed by atoms with E-state index in [1.807, 2.05) is 11.0 Å². The van der Waals surface area contributed by atoms with Gasteiger partial charge in [-0.15, -0.1) is 0 Å². The lowest BCUT2D eigenvalue weighted by atomic mass is 10.2. The maximum Gasteiger partial charge on any atom is 0.304 e. The van der Waals surface area contributed by atoms with Crippen molar-refractivity contribution in [2.24, 2.45) is 0 Å². The third kappa shape index (κ3) is 3.97. The van der Waals surface area contributed by atoms with E-state index < -0.39 is 16.0 Å². The third-order valence-electron chi connectivity index (χ3n) is 4.45. The summed E-state index contributed by atoms with van der Waals surface area (Å²) in [6.07, 6.45) is 4.01. The Kier molecular flexibility index (Phi) is 5.31. The van der Waals surface area contributed by atoms with Gasteiger partial charge in [0.1, 0.15) is 0 Å². The fourth-order valence-electron chi connectivity index (χ4n) is 3.12. The van der Waals surface area contributed by atoms with Crippen molar-refractivity contribution in [3.05, 3.63) is 36.7 Å². The highest BCUT2D eigenvalue weighted by atomic mass is 32.2. The smallest absolute Gasteiger partial charge is 0.304 e. The number of carboxylic acids is 1. The molecule has 0 radical (unpaired) electrons. The van der Waals surface area contributed by atoms with Crippen LogP contribution < -0.4 is 0 Å². The van der Waals surface area contributed by atoms with Gasteiger partial charge < -0.3 is 10.0 Å². The second kappa shape index (κ2) is 7.47. The van der Waals surface area contributed by atoms with Crippen LogP contribution >= 0.6 is 0 Å². The Morgan fingerprint density at radius 1 is 1.16 bits per heavy atom. The summed E-state index contributed by atoms with van der Waals surface area (Å²) in [6, 6.07) is 6.93. The highest BCUT2D eigenvalue weighted by molar-refractivity contribution is 7.89. The summed E-state index contributed by atoms with van der Waals surface area (Å²) in [5.74, 6) is -0.835. The molecule has 0 unspecified atom stereocenters. The molecule has 0 amide bonds. The highest BCUT2D eigenvalue weighted by Crippen LogP contribution is 2.25. The number of aromatic nitrogens is 1. The number of sulfonamides is 1. The van der Waals surface area contributed by atoms with Crippen molar-refractivity contribution >= 4 is 26.8 Å². The number of hydrogen-bond acceptors (Lipinski definition) is 5. The Hall–Kier alpha value is -2.03. The van der Waals surface area contributed by atoms with Gasteiger partial charge in [0, 0.05) is 49.3 Å². The van der Waals surface area contributed by atoms with Gasteiger partial charge in [-0.3, -0.25) is 9.78 Å². The molecule has 0 saturated carbocycles. The van der Waals surface area contributed by atoms with Crippen LogP contribution in [0, 0.1) is 0 Å². The minimum Gasteiger partial charge on any atom is -0.481 e. The van der Waals surface area contributed by atoms with Crippen molar-refractivity contribution in [2.45, 2.75) is 17.7 Å². The normalized spacial score (nSPS) is 17.4. The minimum absolute atomic E-state index is 0.0725. The maximum atomic E-state index is 13.1. The lowest BCUT2D eigenvalue weighted by Gasteiger charge is -2.22. The Bertz CT molecular complexity index is 864. The standard InChI is InChI=1S/C17H21N3O4S/c21-17(22)6-10-19-8-2-9-20(12-11-19)25(23,24)16-4-1-3-14-13-18-7-5-15(14)16/h1,3-5,7,13H,2,6,8-12H2,(H,21,22). The van der Waals surface area contributed by atoms with E-state index >= 15 is 0 Å². The second-order valence-corrected chi connectivity index (χ2v) is 8.00. The van der Waals surface area contributed by atoms with Gasteiger partial charge in [-0.25, -0.2) is 8.42 Å². The molecule has 1 N–H and O–H groups in total. The number of fused-ring (bicyclic) bond motifs is 1. The molecule has 1 fully saturated rings. The first kappa shape index (κ1) is 17.8. The molecule has 1 aromatic heterocycles. The molecule has 2 heterocycles. The highest BCUT2D eigenvalue weighted by Gasteiger charge is 2.28. The fraction of sp³-hybridized carbons (Fsp3) is 0.412. The summed E-state index contributed by atoms with van der Waals surface area (Å²) in [5, 5.41) is 10.3. The molecule has 0 spiro atoms. The molecule has 0 atom stereocenters. The second-order valence-electron chi connectivity index (χ2n) is 6.10. The number of nitrogens with zero attached hydrogens (tertiary/aromatic N) is 3. The van der Waals surface area contributed by atoms with E-state index in [1.54, 1.807) is 30.6 Å². The van der Waals surface area contributed by atoms with Crippen LogP contribution in [0.1, 0.15) is 12.8 Å². The van der Waals surface area contributed by atoms with Crippen LogP contribution in [0.2, 0.25) is 0 Å². The molecule has 2 aromatic rings. The number of hydrogen-bond donors (Lipinski definition) is 1. The molecular weight excluding hydrogens is 342 g/mol. The van der Waals surface area contributed by atoms with Gasteiger partial charge in [-0.05, 0) is 25.1 Å². The Morgan fingerprint density at radius 2 is 2.00 bits per heavy atom. The molecule has 0 aliphatic carbocycles. The van der Waals surface area contributed by atoms with Crippen molar-refractivity contribution in [1.82, 2.24) is 14.2 Å². The zero-order valence-electron chi connectivity index (χ0n) is 13.8. The molecule has 25 heavy (non-hydrogen) atoms. The largest absolute Gasteiger partial charge is 0.481 e. The van der Waals surface area contributed by atoms with Crippen molar-refractivity contribution in [1.29, 1.82) is 0 Å². The molecule has 134 valence electrons. The molecular formula is C17H21N3O4S. The van der Waals surface area contributed by atoms with Gasteiger partial charge in [-0.2, -0.15) is 4.31 Å². The fourth-order valence-corrected chi connectivity index (χ4v) is 4.81. The van der Waals surface area contributed by atoms with E-state index in [0.717, 1.165) is 5.39 Å². The van der Waals surface area contributed by atoms with Gasteiger partial charge in [0.2, 0.25) is 10.0 Å². The van der Waals surface area contributed by atoms with Gasteiger partial charge in [0.05, 0.1) is 11.3 Å². The van der Waals surface area contributed by atoms with Crippen LogP contribution in [-0.4, -0.2) is 66.4 Å². The zero-order valence-corrected chi connectivity index (χ0v) is 14.7. The van der Waals surface area contributed by atoms with Crippen LogP contribution in [0.15, 0.2) is 41.6 Å². The predicted molar refractivity (Wildman–Crippen MR) is 93.8 cm³/mol. The average molecular weight is 363 g/mol. The summed E-state index contributed by atoms with van der Waals surface area (Å²) >= 11 is 0. The van der Waals surface area contributed by atoms with E-state index in [4.69, 9.17) is 5.11 Å². The molecule has 8 heteroatoms. The quantitative estimate of drug-likeness (QED) is 0.864. The molecule has 1 aliphatic rings. The molecule has 0 bridgehead atoms. The van der Waals surface area contributed by atoms with E-state index in [2.05, 4.69) is 4.98 Å². The van der Waals surface area contributed by atoms with Crippen molar-refractivity contribution in [3.63, 3.8) is 0 Å². The summed E-state index contributed by atoms with van der Waals surface area (Å²) in [5.41, 5.74) is 0. The number of benzene rings is 1. The molecule has 3 rings (SSSR count). The van der Waals surface area contributed by atoms with E-state index in [-0.39, 0.29) is 6.42 Å². The van der Waals surface area contributed by atoms with E-state index in [9.17, 15) is 13.2 Å². The van der Waals surface area contributed by atoms with Crippen molar-refractivity contribution < 1.29 is 18.3 Å². The van der Waals surface area contributed by atoms with Crippen LogP contribution in [0.3, 0.4) is 0 Å². The van der Waals surface area contributed by atoms with Gasteiger partial charge in [0.15, 0.2) is 0 Å². The summed E-state index contributed by atoms with van der Waals surface area (Å²) < 4.78 is 27.7. The maximum absolute atomic E-state index is 13.1. The molecule has 1 aliphatic heterocycles. The minimum atomic E-state index is -3.60. The average Bonchev–Trinajstić information content (AvgIpc) is 2.85. The third-order valence-corrected chi connectivity index (χ3v) is 6.40. The predicted octanol–water partition coefficient (Wildman–Crippen LogP) is 1.41. The topological polar surface area (TPSA) is 90.8 Å². The van der Waals surface area contributed by atoms with Crippen molar-refractivity contribution in [2.75, 3.05) is 32.7 Å². The van der Waals surface area contributed by atoms with Crippen LogP contribution in [0.25, 0.3) is 10.8 Å². The van der Waals surface area contributed by atoms with E-state index in [1.165, 1.54) is 4.31 Å². The first-order chi connectivity index (χ1) is 12.0. The first-order valence-corrected chi connectivity index (χ1v) is 9.69. The SMILES string of the molecule is O=C(O)CCN1CCCN(S(=O)(=O)c2cccc3cnccc23)CC1. The molecule has 1 aromatic carbocycles. The van der Waals surface area contributed by atoms with Crippen molar-refractivity contribution in [3.8, 4) is 0 Å². The molecule has 1 saturated heterocycles. The van der Waals surface area contributed by atoms with Gasteiger partial charge >= 0.3 is 5.97 Å². The number of carboxylic acid groups (broad SMARTS) is 1. The number of pyridine rings is 1. The lowest BCUT2D eigenvalue weighted by molar-refractivity contribution is -0.137. The monoisotopic (exact) mass is 363 g/mol. The number of aliphatic carboxylic acids is 1. The number of carbonyl (C=O) groups is 1. The number of rotatable bonds is 5. The van der Waals surface area contributed by atoms with Crippen LogP contribution in [-0.2, 0) is 14.8 Å². The summed E-state index contributed by atoms with van der Waals surface area (Å²) in [4.78, 5) is 17.1. The summed E-state index contributed by atoms with van der Waals surface area (Å²) in [6.45, 7) is 2.50. The first-order valence-electron chi connectivity index (χ1n) is 8.25. The van der Waals surface area contributed by atoms with Gasteiger partial charge in [-0.1, -0.05) is 12.1 Å². The zero-order chi connectivity index (χ0) is 17.9. The Morgan fingerprint density at radius 3 is 2.80 bits per heavy atom. The Balaban J connectivity index is 1.81. The molecule has 7 nitrogen and oxygen atoms in total. The van der Waals surface area contributed by atoms with E-state index in [0.29, 0.717) is 49.4 Å². The van der Waals surface area contributed by atoms with Crippen LogP contribution in [0.4, 0.5) is 0 Å².